The predicted molar refractivity (Wildman–Crippen MR) is 75.5 cm³/mol. The lowest BCUT2D eigenvalue weighted by molar-refractivity contribution is 0.376. The molecule has 7 heteroatoms. The summed E-state index contributed by atoms with van der Waals surface area (Å²) in [6, 6.07) is -0.208. The van der Waals surface area contributed by atoms with E-state index in [0.717, 1.165) is 50.9 Å². The molecular weight excluding hydrogens is 276 g/mol. The Morgan fingerprint density at radius 1 is 1.20 bits per heavy atom. The molecule has 6 nitrogen and oxygen atoms in total. The Morgan fingerprint density at radius 2 is 2.00 bits per heavy atom. The second kappa shape index (κ2) is 5.81. The molecule has 0 amide bonds. The van der Waals surface area contributed by atoms with Crippen molar-refractivity contribution < 1.29 is 8.42 Å². The number of aryl methyl sites for hydroxylation is 1. The highest BCUT2D eigenvalue weighted by molar-refractivity contribution is 7.89. The van der Waals surface area contributed by atoms with Gasteiger partial charge in [0.1, 0.15) is 12.2 Å². The van der Waals surface area contributed by atoms with E-state index in [2.05, 4.69) is 14.8 Å². The topological polar surface area (TPSA) is 76.9 Å². The minimum Gasteiger partial charge on any atom is -0.248 e. The van der Waals surface area contributed by atoms with E-state index in [9.17, 15) is 8.42 Å². The van der Waals surface area contributed by atoms with E-state index in [0.29, 0.717) is 5.92 Å². The smallest absolute Gasteiger partial charge is 0.212 e. The molecule has 0 bridgehead atoms. The summed E-state index contributed by atoms with van der Waals surface area (Å²) in [6.45, 7) is 0.830. The highest BCUT2D eigenvalue weighted by atomic mass is 32.2. The summed E-state index contributed by atoms with van der Waals surface area (Å²) in [6.07, 6.45) is 8.91. The SMILES string of the molecule is O=S(=O)(CC1CCCCC1)N[C@@H]1CCCn2ncnc21. The average Bonchev–Trinajstić information content (AvgIpc) is 2.88. The Hall–Kier alpha value is -0.950. The standard InChI is InChI=1S/C13H22N4O2S/c18-20(19,9-11-5-2-1-3-6-11)16-12-7-4-8-17-13(12)14-10-15-17/h10-12,16H,1-9H2/t12-/m1/s1. The molecule has 0 unspecified atom stereocenters. The van der Waals surface area contributed by atoms with Gasteiger partial charge in [-0.1, -0.05) is 19.3 Å². The zero-order valence-electron chi connectivity index (χ0n) is 11.7. The first kappa shape index (κ1) is 14.0. The van der Waals surface area contributed by atoms with Crippen LogP contribution >= 0.6 is 0 Å². The van der Waals surface area contributed by atoms with Crippen molar-refractivity contribution in [1.29, 1.82) is 0 Å². The second-order valence-electron chi connectivity index (χ2n) is 5.94. The number of nitrogens with zero attached hydrogens (tertiary/aromatic N) is 3. The van der Waals surface area contributed by atoms with Crippen LogP contribution in [0.2, 0.25) is 0 Å². The van der Waals surface area contributed by atoms with Crippen molar-refractivity contribution in [2.45, 2.75) is 57.5 Å². The summed E-state index contributed by atoms with van der Waals surface area (Å²) >= 11 is 0. The molecule has 0 aromatic carbocycles. The van der Waals surface area contributed by atoms with Crippen LogP contribution in [0.3, 0.4) is 0 Å². The van der Waals surface area contributed by atoms with Crippen molar-refractivity contribution in [2.75, 3.05) is 5.75 Å². The molecule has 1 aromatic rings. The van der Waals surface area contributed by atoms with Gasteiger partial charge in [-0.25, -0.2) is 22.8 Å². The number of aromatic nitrogens is 3. The van der Waals surface area contributed by atoms with Gasteiger partial charge in [0.15, 0.2) is 0 Å². The van der Waals surface area contributed by atoms with Gasteiger partial charge < -0.3 is 0 Å². The monoisotopic (exact) mass is 298 g/mol. The second-order valence-corrected chi connectivity index (χ2v) is 7.74. The average molecular weight is 298 g/mol. The molecular formula is C13H22N4O2S. The summed E-state index contributed by atoms with van der Waals surface area (Å²) in [5.74, 6) is 1.34. The summed E-state index contributed by atoms with van der Waals surface area (Å²) in [5, 5.41) is 4.12. The molecule has 1 aliphatic heterocycles. The van der Waals surface area contributed by atoms with Gasteiger partial charge in [-0.05, 0) is 31.6 Å². The molecule has 3 rings (SSSR count). The first-order chi connectivity index (χ1) is 9.64. The molecule has 112 valence electrons. The van der Waals surface area contributed by atoms with E-state index in [-0.39, 0.29) is 11.8 Å². The first-order valence-electron chi connectivity index (χ1n) is 7.52. The molecule has 0 radical (unpaired) electrons. The molecule has 20 heavy (non-hydrogen) atoms. The van der Waals surface area contributed by atoms with Crippen molar-refractivity contribution in [3.63, 3.8) is 0 Å². The number of hydrogen-bond donors (Lipinski definition) is 1. The Balaban J connectivity index is 1.65. The van der Waals surface area contributed by atoms with Crippen LogP contribution in [0.15, 0.2) is 6.33 Å². The quantitative estimate of drug-likeness (QED) is 0.916. The van der Waals surface area contributed by atoms with Crippen molar-refractivity contribution in [3.8, 4) is 0 Å². The van der Waals surface area contributed by atoms with Crippen molar-refractivity contribution in [2.24, 2.45) is 5.92 Å². The third kappa shape index (κ3) is 3.20. The normalized spacial score (nSPS) is 24.5. The van der Waals surface area contributed by atoms with E-state index in [1.807, 2.05) is 0 Å². The van der Waals surface area contributed by atoms with Gasteiger partial charge in [-0.15, -0.1) is 0 Å². The van der Waals surface area contributed by atoms with Gasteiger partial charge in [0.2, 0.25) is 10.0 Å². The van der Waals surface area contributed by atoms with Crippen molar-refractivity contribution >= 4 is 10.0 Å². The third-order valence-corrected chi connectivity index (χ3v) is 5.88. The maximum atomic E-state index is 12.3. The molecule has 0 saturated heterocycles. The van der Waals surface area contributed by atoms with Crippen LogP contribution in [0.25, 0.3) is 0 Å². The molecule has 2 aliphatic rings. The first-order valence-corrected chi connectivity index (χ1v) is 9.17. The summed E-state index contributed by atoms with van der Waals surface area (Å²) in [5.41, 5.74) is 0. The highest BCUT2D eigenvalue weighted by Crippen LogP contribution is 2.27. The molecule has 1 atom stereocenters. The lowest BCUT2D eigenvalue weighted by atomic mass is 9.91. The molecule has 1 aliphatic carbocycles. The number of sulfonamides is 1. The molecule has 2 heterocycles. The third-order valence-electron chi connectivity index (χ3n) is 4.32. The summed E-state index contributed by atoms with van der Waals surface area (Å²) in [7, 11) is -3.23. The molecule has 1 aromatic heterocycles. The zero-order chi connectivity index (χ0) is 14.0. The van der Waals surface area contributed by atoms with Gasteiger partial charge >= 0.3 is 0 Å². The maximum Gasteiger partial charge on any atom is 0.212 e. The highest BCUT2D eigenvalue weighted by Gasteiger charge is 2.28. The number of fused-ring (bicyclic) bond motifs is 1. The van der Waals surface area contributed by atoms with E-state index < -0.39 is 10.0 Å². The van der Waals surface area contributed by atoms with E-state index >= 15 is 0 Å². The molecule has 0 spiro atoms. The predicted octanol–water partition coefficient (Wildman–Crippen LogP) is 1.61. The largest absolute Gasteiger partial charge is 0.248 e. The number of rotatable bonds is 4. The van der Waals surface area contributed by atoms with Crippen LogP contribution in [-0.4, -0.2) is 28.9 Å². The Bertz CT molecular complexity index is 548. The Morgan fingerprint density at radius 3 is 2.80 bits per heavy atom. The molecule has 1 fully saturated rings. The molecule has 1 saturated carbocycles. The Kier molecular flexibility index (Phi) is 4.07. The lowest BCUT2D eigenvalue weighted by Crippen LogP contribution is -2.36. The van der Waals surface area contributed by atoms with Crippen molar-refractivity contribution in [1.82, 2.24) is 19.5 Å². The maximum absolute atomic E-state index is 12.3. The minimum atomic E-state index is -3.23. The van der Waals surface area contributed by atoms with Crippen LogP contribution in [0.1, 0.15) is 56.8 Å². The van der Waals surface area contributed by atoms with Crippen LogP contribution in [0, 0.1) is 5.92 Å². The minimum absolute atomic E-state index is 0.208. The zero-order valence-corrected chi connectivity index (χ0v) is 12.5. The van der Waals surface area contributed by atoms with E-state index in [1.54, 1.807) is 4.68 Å². The van der Waals surface area contributed by atoms with E-state index in [4.69, 9.17) is 0 Å². The lowest BCUT2D eigenvalue weighted by Gasteiger charge is -2.25. The number of nitrogens with one attached hydrogen (secondary N) is 1. The van der Waals surface area contributed by atoms with Gasteiger partial charge in [-0.3, -0.25) is 0 Å². The van der Waals surface area contributed by atoms with Crippen molar-refractivity contribution in [3.05, 3.63) is 12.2 Å². The number of hydrogen-bond acceptors (Lipinski definition) is 4. The summed E-state index contributed by atoms with van der Waals surface area (Å²) < 4.78 is 29.3. The van der Waals surface area contributed by atoms with Gasteiger partial charge in [-0.2, -0.15) is 5.10 Å². The Labute approximate surface area is 120 Å². The fourth-order valence-corrected chi connectivity index (χ4v) is 5.04. The van der Waals surface area contributed by atoms with Crippen LogP contribution in [0.5, 0.6) is 0 Å². The van der Waals surface area contributed by atoms with E-state index in [1.165, 1.54) is 12.7 Å². The fourth-order valence-electron chi connectivity index (χ4n) is 3.33. The van der Waals surface area contributed by atoms with Gasteiger partial charge in [0.25, 0.3) is 0 Å². The summed E-state index contributed by atoms with van der Waals surface area (Å²) in [4.78, 5) is 4.19. The fraction of sp³-hybridized carbons (Fsp3) is 0.846. The van der Waals surface area contributed by atoms with Crippen LogP contribution < -0.4 is 4.72 Å². The van der Waals surface area contributed by atoms with Gasteiger partial charge in [0.05, 0.1) is 11.8 Å². The molecule has 1 N–H and O–H groups in total. The van der Waals surface area contributed by atoms with Crippen LogP contribution in [-0.2, 0) is 16.6 Å². The van der Waals surface area contributed by atoms with Crippen LogP contribution in [0.4, 0.5) is 0 Å². The van der Waals surface area contributed by atoms with Gasteiger partial charge in [0, 0.05) is 6.54 Å².